The van der Waals surface area contributed by atoms with Gasteiger partial charge in [0.2, 0.25) is 5.91 Å². The SMILES string of the molecule is CC(C)(C)OC(=O)N(CC(=O)Nc1ccccn1)C1CCNCC1. The second kappa shape index (κ2) is 8.10. The van der Waals surface area contributed by atoms with E-state index in [0.717, 1.165) is 25.9 Å². The van der Waals surface area contributed by atoms with E-state index in [1.807, 2.05) is 20.8 Å². The first-order valence-corrected chi connectivity index (χ1v) is 8.26. The number of ether oxygens (including phenoxy) is 1. The molecule has 1 aromatic rings. The highest BCUT2D eigenvalue weighted by Gasteiger charge is 2.30. The Morgan fingerprint density at radius 2 is 2.04 bits per heavy atom. The van der Waals surface area contributed by atoms with Gasteiger partial charge in [0.25, 0.3) is 0 Å². The van der Waals surface area contributed by atoms with Gasteiger partial charge in [-0.3, -0.25) is 9.69 Å². The minimum absolute atomic E-state index is 0.00409. The molecule has 0 unspecified atom stereocenters. The lowest BCUT2D eigenvalue weighted by Crippen LogP contribution is -2.50. The molecule has 0 aromatic carbocycles. The number of nitrogens with zero attached hydrogens (tertiary/aromatic N) is 2. The molecule has 7 nitrogen and oxygen atoms in total. The van der Waals surface area contributed by atoms with Gasteiger partial charge in [-0.2, -0.15) is 0 Å². The topological polar surface area (TPSA) is 83.6 Å². The minimum Gasteiger partial charge on any atom is -0.444 e. The average molecular weight is 334 g/mol. The molecule has 0 bridgehead atoms. The molecule has 0 aliphatic carbocycles. The van der Waals surface area contributed by atoms with Crippen molar-refractivity contribution >= 4 is 17.8 Å². The van der Waals surface area contributed by atoms with E-state index in [4.69, 9.17) is 4.74 Å². The molecule has 1 saturated heterocycles. The number of pyridine rings is 1. The lowest BCUT2D eigenvalue weighted by Gasteiger charge is -2.35. The van der Waals surface area contributed by atoms with Crippen LogP contribution in [0.25, 0.3) is 0 Å². The van der Waals surface area contributed by atoms with Crippen molar-refractivity contribution in [1.29, 1.82) is 0 Å². The number of rotatable bonds is 4. The number of aromatic nitrogens is 1. The number of piperidine rings is 1. The third-order valence-electron chi connectivity index (χ3n) is 3.62. The first kappa shape index (κ1) is 18.2. The summed E-state index contributed by atoms with van der Waals surface area (Å²) in [6.07, 6.45) is 2.76. The van der Waals surface area contributed by atoms with Crippen molar-refractivity contribution in [3.05, 3.63) is 24.4 Å². The highest BCUT2D eigenvalue weighted by Crippen LogP contribution is 2.17. The summed E-state index contributed by atoms with van der Waals surface area (Å²) in [4.78, 5) is 30.5. The molecule has 1 aliphatic heterocycles. The Morgan fingerprint density at radius 1 is 1.33 bits per heavy atom. The fourth-order valence-corrected chi connectivity index (χ4v) is 2.56. The zero-order valence-electron chi connectivity index (χ0n) is 14.5. The third kappa shape index (κ3) is 5.81. The number of nitrogens with one attached hydrogen (secondary N) is 2. The van der Waals surface area contributed by atoms with Crippen molar-refractivity contribution in [2.45, 2.75) is 45.3 Å². The molecule has 2 N–H and O–H groups in total. The molecular formula is C17H26N4O3. The van der Waals surface area contributed by atoms with E-state index >= 15 is 0 Å². The maximum absolute atomic E-state index is 12.5. The largest absolute Gasteiger partial charge is 0.444 e. The molecule has 1 aromatic heterocycles. The van der Waals surface area contributed by atoms with E-state index < -0.39 is 11.7 Å². The molecule has 2 heterocycles. The smallest absolute Gasteiger partial charge is 0.411 e. The molecular weight excluding hydrogens is 308 g/mol. The van der Waals surface area contributed by atoms with E-state index in [1.54, 1.807) is 24.4 Å². The van der Waals surface area contributed by atoms with E-state index in [9.17, 15) is 9.59 Å². The standard InChI is InChI=1S/C17H26N4O3/c1-17(2,3)24-16(23)21(13-7-10-18-11-8-13)12-15(22)20-14-6-4-5-9-19-14/h4-6,9,13,18H,7-8,10-12H2,1-3H3,(H,19,20,22). The summed E-state index contributed by atoms with van der Waals surface area (Å²) < 4.78 is 5.48. The molecule has 24 heavy (non-hydrogen) atoms. The van der Waals surface area contributed by atoms with Gasteiger partial charge < -0.3 is 15.4 Å². The predicted molar refractivity (Wildman–Crippen MR) is 91.7 cm³/mol. The number of carbonyl (C=O) groups excluding carboxylic acids is 2. The Kier molecular flexibility index (Phi) is 6.14. The summed E-state index contributed by atoms with van der Waals surface area (Å²) in [5, 5.41) is 5.97. The average Bonchev–Trinajstić information content (AvgIpc) is 2.52. The number of amides is 2. The van der Waals surface area contributed by atoms with E-state index in [0.29, 0.717) is 5.82 Å². The molecule has 0 radical (unpaired) electrons. The maximum Gasteiger partial charge on any atom is 0.411 e. The maximum atomic E-state index is 12.5. The van der Waals surface area contributed by atoms with Gasteiger partial charge in [0.15, 0.2) is 0 Å². The van der Waals surface area contributed by atoms with Crippen LogP contribution in [0.4, 0.5) is 10.6 Å². The van der Waals surface area contributed by atoms with Crippen molar-refractivity contribution in [3.8, 4) is 0 Å². The fraction of sp³-hybridized carbons (Fsp3) is 0.588. The van der Waals surface area contributed by atoms with Crippen molar-refractivity contribution in [2.75, 3.05) is 25.0 Å². The second-order valence-electron chi connectivity index (χ2n) is 6.85. The summed E-state index contributed by atoms with van der Waals surface area (Å²) in [6, 6.07) is 5.27. The van der Waals surface area contributed by atoms with E-state index in [1.165, 1.54) is 4.90 Å². The molecule has 1 aliphatic rings. The van der Waals surface area contributed by atoms with Crippen molar-refractivity contribution in [2.24, 2.45) is 0 Å². The van der Waals surface area contributed by atoms with Gasteiger partial charge in [-0.25, -0.2) is 9.78 Å². The van der Waals surface area contributed by atoms with Gasteiger partial charge >= 0.3 is 6.09 Å². The number of hydrogen-bond acceptors (Lipinski definition) is 5. The minimum atomic E-state index is -0.598. The Morgan fingerprint density at radius 3 is 2.62 bits per heavy atom. The number of hydrogen-bond donors (Lipinski definition) is 2. The van der Waals surface area contributed by atoms with Gasteiger partial charge in [0.05, 0.1) is 0 Å². The summed E-state index contributed by atoms with van der Waals surface area (Å²) in [7, 11) is 0. The van der Waals surface area contributed by atoms with Crippen LogP contribution in [-0.2, 0) is 9.53 Å². The van der Waals surface area contributed by atoms with Gasteiger partial charge in [-0.15, -0.1) is 0 Å². The van der Waals surface area contributed by atoms with Crippen molar-refractivity contribution in [3.63, 3.8) is 0 Å². The van der Waals surface area contributed by atoms with Crippen LogP contribution < -0.4 is 10.6 Å². The Bertz CT molecular complexity index is 551. The van der Waals surface area contributed by atoms with Gasteiger partial charge in [-0.05, 0) is 58.8 Å². The number of carbonyl (C=O) groups is 2. The van der Waals surface area contributed by atoms with Crippen LogP contribution >= 0.6 is 0 Å². The van der Waals surface area contributed by atoms with Crippen molar-refractivity contribution < 1.29 is 14.3 Å². The molecule has 7 heteroatoms. The van der Waals surface area contributed by atoms with Crippen LogP contribution in [0.1, 0.15) is 33.6 Å². The quantitative estimate of drug-likeness (QED) is 0.880. The molecule has 2 rings (SSSR count). The fourth-order valence-electron chi connectivity index (χ4n) is 2.56. The van der Waals surface area contributed by atoms with Crippen LogP contribution in [0.2, 0.25) is 0 Å². The van der Waals surface area contributed by atoms with E-state index in [-0.39, 0.29) is 18.5 Å². The molecule has 2 amide bonds. The van der Waals surface area contributed by atoms with Gasteiger partial charge in [-0.1, -0.05) is 6.07 Å². The van der Waals surface area contributed by atoms with Gasteiger partial charge in [0, 0.05) is 12.2 Å². The molecule has 132 valence electrons. The highest BCUT2D eigenvalue weighted by molar-refractivity contribution is 5.93. The molecule has 1 fully saturated rings. The Balaban J connectivity index is 2.04. The summed E-state index contributed by atoms with van der Waals surface area (Å²) >= 11 is 0. The van der Waals surface area contributed by atoms with Crippen LogP contribution in [0.3, 0.4) is 0 Å². The summed E-state index contributed by atoms with van der Waals surface area (Å²) in [5.41, 5.74) is -0.598. The first-order chi connectivity index (χ1) is 11.3. The lowest BCUT2D eigenvalue weighted by molar-refractivity contribution is -0.118. The van der Waals surface area contributed by atoms with Crippen LogP contribution in [0.15, 0.2) is 24.4 Å². The summed E-state index contributed by atoms with van der Waals surface area (Å²) in [6.45, 7) is 7.06. The van der Waals surface area contributed by atoms with Crippen LogP contribution in [0.5, 0.6) is 0 Å². The zero-order chi connectivity index (χ0) is 17.6. The molecule has 0 spiro atoms. The first-order valence-electron chi connectivity index (χ1n) is 8.26. The normalized spacial score (nSPS) is 15.6. The molecule has 0 atom stereocenters. The Hall–Kier alpha value is -2.15. The number of anilines is 1. The third-order valence-corrected chi connectivity index (χ3v) is 3.62. The monoisotopic (exact) mass is 334 g/mol. The zero-order valence-corrected chi connectivity index (χ0v) is 14.5. The second-order valence-corrected chi connectivity index (χ2v) is 6.85. The van der Waals surface area contributed by atoms with Crippen LogP contribution in [0, 0.1) is 0 Å². The summed E-state index contributed by atoms with van der Waals surface area (Å²) in [5.74, 6) is 0.190. The van der Waals surface area contributed by atoms with Gasteiger partial charge in [0.1, 0.15) is 18.0 Å². The highest BCUT2D eigenvalue weighted by atomic mass is 16.6. The predicted octanol–water partition coefficient (Wildman–Crippen LogP) is 2.01. The van der Waals surface area contributed by atoms with E-state index in [2.05, 4.69) is 15.6 Å². The molecule has 0 saturated carbocycles. The lowest BCUT2D eigenvalue weighted by atomic mass is 10.1. The van der Waals surface area contributed by atoms with Crippen LogP contribution in [-0.4, -0.2) is 53.2 Å². The Labute approximate surface area is 142 Å². The van der Waals surface area contributed by atoms with Crippen molar-refractivity contribution in [1.82, 2.24) is 15.2 Å².